The topological polar surface area (TPSA) is 24.9 Å². The first-order chi connectivity index (χ1) is 9.69. The maximum absolute atomic E-state index is 4.55. The number of hydrogen-bond donors (Lipinski definition) is 1. The minimum absolute atomic E-state index is 0.594. The number of aromatic nitrogens is 1. The highest BCUT2D eigenvalue weighted by Gasteiger charge is 2.26. The molecule has 1 atom stereocenters. The average molecular weight is 339 g/mol. The molecule has 1 N–H and O–H groups in total. The van der Waals surface area contributed by atoms with Gasteiger partial charge in [0.25, 0.3) is 0 Å². The van der Waals surface area contributed by atoms with Gasteiger partial charge in [0, 0.05) is 28.8 Å². The fourth-order valence-corrected chi connectivity index (χ4v) is 3.41. The maximum atomic E-state index is 4.55. The first-order valence-electron chi connectivity index (χ1n) is 8.02. The van der Waals surface area contributed by atoms with E-state index in [1.807, 2.05) is 6.20 Å². The van der Waals surface area contributed by atoms with Gasteiger partial charge >= 0.3 is 0 Å². The van der Waals surface area contributed by atoms with Crippen molar-refractivity contribution in [1.29, 1.82) is 0 Å². The Morgan fingerprint density at radius 2 is 2.05 bits per heavy atom. The summed E-state index contributed by atoms with van der Waals surface area (Å²) in [6, 6.07) is 4.84. The minimum Gasteiger partial charge on any atom is -0.313 e. The SMILES string of the molecule is CCCNC(Cc1ccc(Br)cn1)C1CCC(C)CC1. The first-order valence-corrected chi connectivity index (χ1v) is 8.82. The van der Waals surface area contributed by atoms with Gasteiger partial charge in [0.05, 0.1) is 0 Å². The van der Waals surface area contributed by atoms with E-state index in [1.54, 1.807) is 0 Å². The largest absolute Gasteiger partial charge is 0.313 e. The third kappa shape index (κ3) is 4.85. The Morgan fingerprint density at radius 3 is 2.65 bits per heavy atom. The van der Waals surface area contributed by atoms with Crippen LogP contribution < -0.4 is 5.32 Å². The molecule has 1 aliphatic carbocycles. The number of hydrogen-bond acceptors (Lipinski definition) is 2. The van der Waals surface area contributed by atoms with E-state index in [1.165, 1.54) is 37.8 Å². The Hall–Kier alpha value is -0.410. The van der Waals surface area contributed by atoms with Crippen molar-refractivity contribution in [2.45, 2.75) is 58.4 Å². The van der Waals surface area contributed by atoms with E-state index in [9.17, 15) is 0 Å². The van der Waals surface area contributed by atoms with Crippen LogP contribution in [0, 0.1) is 11.8 Å². The van der Waals surface area contributed by atoms with Crippen molar-refractivity contribution in [3.05, 3.63) is 28.5 Å². The fraction of sp³-hybridized carbons (Fsp3) is 0.706. The van der Waals surface area contributed by atoms with Gasteiger partial charge in [-0.2, -0.15) is 0 Å². The molecule has 2 nitrogen and oxygen atoms in total. The molecule has 1 fully saturated rings. The van der Waals surface area contributed by atoms with E-state index in [2.05, 4.69) is 52.2 Å². The van der Waals surface area contributed by atoms with Crippen LogP contribution in [0.2, 0.25) is 0 Å². The molecule has 0 radical (unpaired) electrons. The van der Waals surface area contributed by atoms with Crippen LogP contribution in [0.3, 0.4) is 0 Å². The molecule has 1 saturated carbocycles. The molecule has 0 amide bonds. The number of rotatable bonds is 6. The van der Waals surface area contributed by atoms with E-state index in [0.29, 0.717) is 6.04 Å². The summed E-state index contributed by atoms with van der Waals surface area (Å²) < 4.78 is 1.06. The van der Waals surface area contributed by atoms with Crippen molar-refractivity contribution < 1.29 is 0 Å². The highest BCUT2D eigenvalue weighted by molar-refractivity contribution is 9.10. The van der Waals surface area contributed by atoms with Crippen molar-refractivity contribution >= 4 is 15.9 Å². The van der Waals surface area contributed by atoms with Crippen LogP contribution in [0.25, 0.3) is 0 Å². The summed E-state index contributed by atoms with van der Waals surface area (Å²) in [5, 5.41) is 3.77. The third-order valence-electron chi connectivity index (χ3n) is 4.50. The molecule has 1 aliphatic rings. The second-order valence-electron chi connectivity index (χ2n) is 6.25. The molecule has 0 spiro atoms. The molecule has 3 heteroatoms. The van der Waals surface area contributed by atoms with Crippen molar-refractivity contribution in [2.75, 3.05) is 6.54 Å². The normalized spacial score (nSPS) is 24.6. The highest BCUT2D eigenvalue weighted by atomic mass is 79.9. The Morgan fingerprint density at radius 1 is 1.30 bits per heavy atom. The molecule has 112 valence electrons. The zero-order valence-electron chi connectivity index (χ0n) is 12.7. The van der Waals surface area contributed by atoms with Crippen LogP contribution in [0.1, 0.15) is 51.6 Å². The molecule has 0 saturated heterocycles. The predicted octanol–water partition coefficient (Wildman–Crippen LogP) is 4.58. The molecular formula is C17H27BrN2. The van der Waals surface area contributed by atoms with Gasteiger partial charge in [-0.25, -0.2) is 0 Å². The van der Waals surface area contributed by atoms with E-state index in [-0.39, 0.29) is 0 Å². The average Bonchev–Trinajstić information content (AvgIpc) is 2.46. The van der Waals surface area contributed by atoms with Crippen molar-refractivity contribution in [3.8, 4) is 0 Å². The molecule has 1 aromatic heterocycles. The summed E-state index contributed by atoms with van der Waals surface area (Å²) in [7, 11) is 0. The molecule has 0 bridgehead atoms. The van der Waals surface area contributed by atoms with Crippen LogP contribution in [0.15, 0.2) is 22.8 Å². The quantitative estimate of drug-likeness (QED) is 0.820. The summed E-state index contributed by atoms with van der Waals surface area (Å²) in [6.07, 6.45) is 9.71. The Kier molecular flexibility index (Phi) is 6.50. The summed E-state index contributed by atoms with van der Waals surface area (Å²) in [5.41, 5.74) is 1.21. The van der Waals surface area contributed by atoms with Gasteiger partial charge in [-0.15, -0.1) is 0 Å². The summed E-state index contributed by atoms with van der Waals surface area (Å²) in [4.78, 5) is 4.55. The lowest BCUT2D eigenvalue weighted by molar-refractivity contribution is 0.228. The van der Waals surface area contributed by atoms with Crippen LogP contribution in [0.4, 0.5) is 0 Å². The zero-order valence-corrected chi connectivity index (χ0v) is 14.3. The molecule has 20 heavy (non-hydrogen) atoms. The van der Waals surface area contributed by atoms with E-state index < -0.39 is 0 Å². The van der Waals surface area contributed by atoms with Gasteiger partial charge in [0.15, 0.2) is 0 Å². The van der Waals surface area contributed by atoms with E-state index in [0.717, 1.165) is 29.3 Å². The molecule has 2 rings (SSSR count). The molecule has 0 aliphatic heterocycles. The Bertz CT molecular complexity index is 382. The summed E-state index contributed by atoms with van der Waals surface area (Å²) >= 11 is 3.46. The lowest BCUT2D eigenvalue weighted by Gasteiger charge is -2.33. The van der Waals surface area contributed by atoms with Crippen molar-refractivity contribution in [2.24, 2.45) is 11.8 Å². The van der Waals surface area contributed by atoms with Crippen LogP contribution in [-0.4, -0.2) is 17.6 Å². The van der Waals surface area contributed by atoms with Gasteiger partial charge in [0.1, 0.15) is 0 Å². The van der Waals surface area contributed by atoms with Gasteiger partial charge in [-0.05, 0) is 65.7 Å². The van der Waals surface area contributed by atoms with E-state index >= 15 is 0 Å². The number of nitrogens with one attached hydrogen (secondary N) is 1. The maximum Gasteiger partial charge on any atom is 0.0420 e. The van der Waals surface area contributed by atoms with Crippen molar-refractivity contribution in [3.63, 3.8) is 0 Å². The molecule has 1 heterocycles. The van der Waals surface area contributed by atoms with Gasteiger partial charge in [-0.1, -0.05) is 26.7 Å². The van der Waals surface area contributed by atoms with Crippen LogP contribution in [0.5, 0.6) is 0 Å². The van der Waals surface area contributed by atoms with Gasteiger partial charge in [-0.3, -0.25) is 4.98 Å². The van der Waals surface area contributed by atoms with Gasteiger partial charge in [0.2, 0.25) is 0 Å². The lowest BCUT2D eigenvalue weighted by Crippen LogP contribution is -2.40. The molecule has 1 unspecified atom stereocenters. The monoisotopic (exact) mass is 338 g/mol. The minimum atomic E-state index is 0.594. The second-order valence-corrected chi connectivity index (χ2v) is 7.17. The summed E-state index contributed by atoms with van der Waals surface area (Å²) in [5.74, 6) is 1.74. The Labute approximate surface area is 131 Å². The molecular weight excluding hydrogens is 312 g/mol. The van der Waals surface area contributed by atoms with Crippen LogP contribution >= 0.6 is 15.9 Å². The molecule has 1 aromatic rings. The number of pyridine rings is 1. The van der Waals surface area contributed by atoms with Crippen LogP contribution in [-0.2, 0) is 6.42 Å². The fourth-order valence-electron chi connectivity index (χ4n) is 3.18. The van der Waals surface area contributed by atoms with Crippen molar-refractivity contribution in [1.82, 2.24) is 10.3 Å². The van der Waals surface area contributed by atoms with E-state index in [4.69, 9.17) is 0 Å². The predicted molar refractivity (Wildman–Crippen MR) is 88.8 cm³/mol. The number of nitrogens with zero attached hydrogens (tertiary/aromatic N) is 1. The standard InChI is InChI=1S/C17H27BrN2/c1-3-10-19-17(14-6-4-13(2)5-7-14)11-16-9-8-15(18)12-20-16/h8-9,12-14,17,19H,3-7,10-11H2,1-2H3. The second kappa shape index (κ2) is 8.14. The smallest absolute Gasteiger partial charge is 0.0420 e. The van der Waals surface area contributed by atoms with Gasteiger partial charge < -0.3 is 5.32 Å². The Balaban J connectivity index is 1.97. The highest BCUT2D eigenvalue weighted by Crippen LogP contribution is 2.31. The summed E-state index contributed by atoms with van der Waals surface area (Å²) in [6.45, 7) is 5.75. The first kappa shape index (κ1) is 16.0. The lowest BCUT2D eigenvalue weighted by atomic mass is 9.78. The molecule has 0 aromatic carbocycles. The third-order valence-corrected chi connectivity index (χ3v) is 4.97. The number of halogens is 1. The zero-order chi connectivity index (χ0) is 14.4.